The summed E-state index contributed by atoms with van der Waals surface area (Å²) in [5.74, 6) is 0. The fourth-order valence-corrected chi connectivity index (χ4v) is 1.22. The standard InChI is InChI=1S/C9H17N3O/c1-2-12-9(4-6-11-12)8-10-5-3-7-13/h4,6,10,13H,2-3,5,7-8H2,1H3. The Morgan fingerprint density at radius 1 is 1.62 bits per heavy atom. The van der Waals surface area contributed by atoms with Gasteiger partial charge < -0.3 is 10.4 Å². The molecule has 0 aliphatic heterocycles. The first-order chi connectivity index (χ1) is 6.38. The highest BCUT2D eigenvalue weighted by Gasteiger charge is 1.98. The van der Waals surface area contributed by atoms with Crippen LogP contribution in [0.15, 0.2) is 12.3 Å². The normalized spacial score (nSPS) is 10.6. The molecule has 0 saturated heterocycles. The molecule has 1 heterocycles. The third kappa shape index (κ3) is 3.16. The van der Waals surface area contributed by atoms with Crippen molar-refractivity contribution in [3.05, 3.63) is 18.0 Å². The Labute approximate surface area is 78.6 Å². The number of aliphatic hydroxyl groups is 1. The van der Waals surface area contributed by atoms with Gasteiger partial charge in [0.15, 0.2) is 0 Å². The zero-order chi connectivity index (χ0) is 9.52. The Morgan fingerprint density at radius 3 is 3.15 bits per heavy atom. The Morgan fingerprint density at radius 2 is 2.46 bits per heavy atom. The lowest BCUT2D eigenvalue weighted by Crippen LogP contribution is -2.18. The van der Waals surface area contributed by atoms with E-state index in [2.05, 4.69) is 17.3 Å². The van der Waals surface area contributed by atoms with E-state index in [1.54, 1.807) is 0 Å². The molecule has 1 aromatic heterocycles. The van der Waals surface area contributed by atoms with Crippen LogP contribution in [0.2, 0.25) is 0 Å². The summed E-state index contributed by atoms with van der Waals surface area (Å²) in [7, 11) is 0. The maximum Gasteiger partial charge on any atom is 0.0521 e. The summed E-state index contributed by atoms with van der Waals surface area (Å²) in [6.45, 7) is 4.91. The second kappa shape index (κ2) is 5.72. The Kier molecular flexibility index (Phi) is 4.49. The van der Waals surface area contributed by atoms with Crippen LogP contribution in [0.5, 0.6) is 0 Å². The lowest BCUT2D eigenvalue weighted by Gasteiger charge is -2.05. The quantitative estimate of drug-likeness (QED) is 0.627. The van der Waals surface area contributed by atoms with Gasteiger partial charge in [0.2, 0.25) is 0 Å². The van der Waals surface area contributed by atoms with Crippen LogP contribution in [0.1, 0.15) is 19.0 Å². The van der Waals surface area contributed by atoms with Crippen LogP contribution in [0.25, 0.3) is 0 Å². The van der Waals surface area contributed by atoms with E-state index in [9.17, 15) is 0 Å². The van der Waals surface area contributed by atoms with Crippen LogP contribution in [-0.2, 0) is 13.1 Å². The first-order valence-corrected chi connectivity index (χ1v) is 4.70. The van der Waals surface area contributed by atoms with Crippen LogP contribution in [0.4, 0.5) is 0 Å². The minimum Gasteiger partial charge on any atom is -0.396 e. The molecule has 0 radical (unpaired) electrons. The molecule has 0 spiro atoms. The second-order valence-electron chi connectivity index (χ2n) is 2.89. The third-order valence-corrected chi connectivity index (χ3v) is 1.92. The number of aromatic nitrogens is 2. The van der Waals surface area contributed by atoms with Gasteiger partial charge in [0.05, 0.1) is 5.69 Å². The number of nitrogens with one attached hydrogen (secondary N) is 1. The highest BCUT2D eigenvalue weighted by atomic mass is 16.3. The highest BCUT2D eigenvalue weighted by Crippen LogP contribution is 1.97. The van der Waals surface area contributed by atoms with Gasteiger partial charge in [0.1, 0.15) is 0 Å². The minimum atomic E-state index is 0.250. The van der Waals surface area contributed by atoms with Crippen molar-refractivity contribution in [2.75, 3.05) is 13.2 Å². The van der Waals surface area contributed by atoms with Crippen LogP contribution >= 0.6 is 0 Å². The molecule has 0 bridgehead atoms. The number of aliphatic hydroxyl groups excluding tert-OH is 1. The Hall–Kier alpha value is -0.870. The average Bonchev–Trinajstić information content (AvgIpc) is 2.60. The molecule has 0 aromatic carbocycles. The predicted molar refractivity (Wildman–Crippen MR) is 51.3 cm³/mol. The molecule has 0 atom stereocenters. The first kappa shape index (κ1) is 10.2. The zero-order valence-corrected chi connectivity index (χ0v) is 8.03. The van der Waals surface area contributed by atoms with Crippen LogP contribution in [0, 0.1) is 0 Å². The molecule has 0 unspecified atom stereocenters. The molecule has 1 aromatic rings. The van der Waals surface area contributed by atoms with Crippen molar-refractivity contribution in [3.8, 4) is 0 Å². The summed E-state index contributed by atoms with van der Waals surface area (Å²) in [5, 5.41) is 16.0. The van der Waals surface area contributed by atoms with E-state index in [1.165, 1.54) is 5.69 Å². The van der Waals surface area contributed by atoms with Gasteiger partial charge in [-0.25, -0.2) is 0 Å². The molecule has 4 heteroatoms. The Bertz CT molecular complexity index is 235. The number of nitrogens with zero attached hydrogens (tertiary/aromatic N) is 2. The van der Waals surface area contributed by atoms with Crippen molar-refractivity contribution < 1.29 is 5.11 Å². The van der Waals surface area contributed by atoms with E-state index in [-0.39, 0.29) is 6.61 Å². The lowest BCUT2D eigenvalue weighted by molar-refractivity contribution is 0.285. The topological polar surface area (TPSA) is 50.1 Å². The molecule has 0 saturated carbocycles. The van der Waals surface area contributed by atoms with Gasteiger partial charge in [0, 0.05) is 25.9 Å². The minimum absolute atomic E-state index is 0.250. The summed E-state index contributed by atoms with van der Waals surface area (Å²) in [6.07, 6.45) is 2.62. The maximum atomic E-state index is 8.57. The summed E-state index contributed by atoms with van der Waals surface area (Å²) in [5.41, 5.74) is 1.19. The molecular formula is C9H17N3O. The van der Waals surface area contributed by atoms with E-state index in [0.29, 0.717) is 0 Å². The van der Waals surface area contributed by atoms with E-state index in [4.69, 9.17) is 5.11 Å². The summed E-state index contributed by atoms with van der Waals surface area (Å²) in [6, 6.07) is 2.01. The summed E-state index contributed by atoms with van der Waals surface area (Å²) in [4.78, 5) is 0. The van der Waals surface area contributed by atoms with Crippen LogP contribution < -0.4 is 5.32 Å². The monoisotopic (exact) mass is 183 g/mol. The summed E-state index contributed by atoms with van der Waals surface area (Å²) < 4.78 is 1.96. The molecule has 0 aliphatic carbocycles. The van der Waals surface area contributed by atoms with Crippen LogP contribution in [0.3, 0.4) is 0 Å². The maximum absolute atomic E-state index is 8.57. The van der Waals surface area contributed by atoms with Crippen molar-refractivity contribution in [3.63, 3.8) is 0 Å². The van der Waals surface area contributed by atoms with E-state index in [0.717, 1.165) is 26.1 Å². The molecule has 13 heavy (non-hydrogen) atoms. The largest absolute Gasteiger partial charge is 0.396 e. The molecule has 0 fully saturated rings. The van der Waals surface area contributed by atoms with Crippen molar-refractivity contribution in [2.45, 2.75) is 26.4 Å². The fourth-order valence-electron chi connectivity index (χ4n) is 1.22. The van der Waals surface area contributed by atoms with Gasteiger partial charge >= 0.3 is 0 Å². The molecule has 74 valence electrons. The predicted octanol–water partition coefficient (Wildman–Crippen LogP) is 0.375. The van der Waals surface area contributed by atoms with Crippen LogP contribution in [-0.4, -0.2) is 28.0 Å². The highest BCUT2D eigenvalue weighted by molar-refractivity contribution is 4.99. The van der Waals surface area contributed by atoms with Crippen molar-refractivity contribution in [1.82, 2.24) is 15.1 Å². The summed E-state index contributed by atoms with van der Waals surface area (Å²) >= 11 is 0. The lowest BCUT2D eigenvalue weighted by atomic mass is 10.4. The van der Waals surface area contributed by atoms with E-state index in [1.807, 2.05) is 16.9 Å². The molecular weight excluding hydrogens is 166 g/mol. The molecule has 1 rings (SSSR count). The van der Waals surface area contributed by atoms with Gasteiger partial charge in [-0.3, -0.25) is 4.68 Å². The number of rotatable bonds is 6. The Balaban J connectivity index is 2.27. The van der Waals surface area contributed by atoms with Gasteiger partial charge in [-0.2, -0.15) is 5.10 Å². The van der Waals surface area contributed by atoms with Gasteiger partial charge in [-0.1, -0.05) is 0 Å². The van der Waals surface area contributed by atoms with Gasteiger partial charge in [-0.15, -0.1) is 0 Å². The van der Waals surface area contributed by atoms with Crippen molar-refractivity contribution >= 4 is 0 Å². The molecule has 4 nitrogen and oxygen atoms in total. The van der Waals surface area contributed by atoms with Crippen molar-refractivity contribution in [2.24, 2.45) is 0 Å². The third-order valence-electron chi connectivity index (χ3n) is 1.92. The van der Waals surface area contributed by atoms with E-state index < -0.39 is 0 Å². The average molecular weight is 183 g/mol. The number of hydrogen-bond acceptors (Lipinski definition) is 3. The molecule has 0 aliphatic rings. The fraction of sp³-hybridized carbons (Fsp3) is 0.667. The first-order valence-electron chi connectivity index (χ1n) is 4.70. The van der Waals surface area contributed by atoms with Gasteiger partial charge in [0.25, 0.3) is 0 Å². The molecule has 0 amide bonds. The second-order valence-corrected chi connectivity index (χ2v) is 2.89. The number of hydrogen-bond donors (Lipinski definition) is 2. The smallest absolute Gasteiger partial charge is 0.0521 e. The number of aryl methyl sites for hydroxylation is 1. The van der Waals surface area contributed by atoms with Crippen molar-refractivity contribution in [1.29, 1.82) is 0 Å². The molecule has 2 N–H and O–H groups in total. The van der Waals surface area contributed by atoms with Gasteiger partial charge in [-0.05, 0) is 26.0 Å². The van der Waals surface area contributed by atoms with E-state index >= 15 is 0 Å². The SMILES string of the molecule is CCn1nccc1CNCCCO. The zero-order valence-electron chi connectivity index (χ0n) is 8.03.